The van der Waals surface area contributed by atoms with E-state index in [0.29, 0.717) is 0 Å². The number of anilines is 1. The van der Waals surface area contributed by atoms with Gasteiger partial charge in [-0.1, -0.05) is 47.5 Å². The number of fused-ring (bicyclic) bond motifs is 2. The fraction of sp³-hybridized carbons (Fsp3) is 0.136. The third kappa shape index (κ3) is 2.66. The van der Waals surface area contributed by atoms with Crippen molar-refractivity contribution in [2.24, 2.45) is 16.8 Å². The first kappa shape index (κ1) is 20.4. The summed E-state index contributed by atoms with van der Waals surface area (Å²) in [5, 5.41) is 20.7. The molecule has 2 N–H and O–H groups in total. The predicted molar refractivity (Wildman–Crippen MR) is 115 cm³/mol. The third-order valence-corrected chi connectivity index (χ3v) is 6.35. The highest BCUT2D eigenvalue weighted by atomic mass is 35.5. The van der Waals surface area contributed by atoms with Crippen LogP contribution < -0.4 is 4.90 Å². The van der Waals surface area contributed by atoms with Crippen LogP contribution in [0.3, 0.4) is 0 Å². The molecule has 1 saturated heterocycles. The molecule has 8 nitrogen and oxygen atoms in total. The molecule has 3 atom stereocenters. The van der Waals surface area contributed by atoms with Crippen LogP contribution in [0.1, 0.15) is 15.9 Å². The lowest BCUT2D eigenvalue weighted by atomic mass is 9.85. The van der Waals surface area contributed by atoms with Crippen LogP contribution in [0.5, 0.6) is 0 Å². The number of hydrogen-bond donors (Lipinski definition) is 2. The van der Waals surface area contributed by atoms with Crippen LogP contribution in [0, 0.1) is 11.8 Å². The van der Waals surface area contributed by atoms with Crippen molar-refractivity contribution >= 4 is 63.9 Å². The summed E-state index contributed by atoms with van der Waals surface area (Å²) >= 11 is 12.1. The zero-order valence-corrected chi connectivity index (χ0v) is 17.5. The lowest BCUT2D eigenvalue weighted by Crippen LogP contribution is -2.36. The lowest BCUT2D eigenvalue weighted by molar-refractivity contribution is -0.141. The SMILES string of the molecule is O=C1C(C2=N[C@@H](C(=O)O)[C@H]3C(=O)N(c4ccc(Cl)cc4Cl)C(=O)[C@@H]23)=C(O)c2ccccc21. The van der Waals surface area contributed by atoms with Crippen LogP contribution in [-0.4, -0.2) is 45.5 Å². The Labute approximate surface area is 190 Å². The molecule has 2 aromatic rings. The molecule has 0 aromatic heterocycles. The average molecular weight is 471 g/mol. The molecule has 0 radical (unpaired) electrons. The van der Waals surface area contributed by atoms with E-state index < -0.39 is 47.2 Å². The van der Waals surface area contributed by atoms with Gasteiger partial charge in [-0.25, -0.2) is 9.69 Å². The summed E-state index contributed by atoms with van der Waals surface area (Å²) in [5.74, 6) is -6.75. The highest BCUT2D eigenvalue weighted by Crippen LogP contribution is 2.45. The largest absolute Gasteiger partial charge is 0.506 e. The zero-order valence-electron chi connectivity index (χ0n) is 16.0. The molecule has 160 valence electrons. The van der Waals surface area contributed by atoms with Crippen LogP contribution in [-0.2, 0) is 14.4 Å². The van der Waals surface area contributed by atoms with Crippen molar-refractivity contribution < 1.29 is 29.4 Å². The number of aliphatic imine (C=N–C) groups is 1. The summed E-state index contributed by atoms with van der Waals surface area (Å²) in [4.78, 5) is 56.3. The minimum Gasteiger partial charge on any atom is -0.506 e. The quantitative estimate of drug-likeness (QED) is 0.663. The molecule has 1 fully saturated rings. The summed E-state index contributed by atoms with van der Waals surface area (Å²) in [5.41, 5.74) is 0.0117. The number of Topliss-reactive ketones (excluding diaryl/α,β-unsaturated/α-hetero) is 1. The monoisotopic (exact) mass is 470 g/mol. The molecule has 2 aromatic carbocycles. The first-order valence-corrected chi connectivity index (χ1v) is 10.2. The van der Waals surface area contributed by atoms with Gasteiger partial charge in [0.05, 0.1) is 33.8 Å². The number of aliphatic carboxylic acids is 1. The van der Waals surface area contributed by atoms with Gasteiger partial charge in [-0.15, -0.1) is 0 Å². The van der Waals surface area contributed by atoms with Gasteiger partial charge in [0.1, 0.15) is 5.76 Å². The van der Waals surface area contributed by atoms with Crippen LogP contribution >= 0.6 is 23.2 Å². The number of amides is 2. The highest BCUT2D eigenvalue weighted by molar-refractivity contribution is 6.44. The number of carboxylic acids is 1. The van der Waals surface area contributed by atoms with Crippen molar-refractivity contribution in [2.45, 2.75) is 6.04 Å². The first-order chi connectivity index (χ1) is 15.2. The van der Waals surface area contributed by atoms with Gasteiger partial charge >= 0.3 is 5.97 Å². The molecule has 1 aliphatic carbocycles. The summed E-state index contributed by atoms with van der Waals surface area (Å²) in [7, 11) is 0. The number of halogens is 2. The van der Waals surface area contributed by atoms with Crippen molar-refractivity contribution in [1.82, 2.24) is 0 Å². The van der Waals surface area contributed by atoms with Gasteiger partial charge in [0.2, 0.25) is 11.8 Å². The van der Waals surface area contributed by atoms with Gasteiger partial charge in [-0.2, -0.15) is 0 Å². The van der Waals surface area contributed by atoms with Crippen LogP contribution in [0.2, 0.25) is 10.0 Å². The third-order valence-electron chi connectivity index (χ3n) is 5.81. The standard InChI is InChI=1S/C22H12Cl2N2O6/c23-8-5-6-12(11(24)7-8)26-20(29)13-14(21(26)30)17(22(31)32)25-16(13)15-18(27)9-3-1-2-4-10(9)19(15)28/h1-7,13-14,17,27H,(H,31,32)/t13-,14+,17-/m1/s1. The Kier molecular flexibility index (Phi) is 4.47. The number of nitrogens with zero attached hydrogens (tertiary/aromatic N) is 2. The highest BCUT2D eigenvalue weighted by Gasteiger charge is 2.61. The second-order valence-corrected chi connectivity index (χ2v) is 8.35. The van der Waals surface area contributed by atoms with E-state index in [2.05, 4.69) is 4.99 Å². The molecule has 0 bridgehead atoms. The molecule has 32 heavy (non-hydrogen) atoms. The van der Waals surface area contributed by atoms with Crippen LogP contribution in [0.15, 0.2) is 53.0 Å². The molecule has 2 heterocycles. The number of rotatable bonds is 3. The molecular weight excluding hydrogens is 459 g/mol. The van der Waals surface area contributed by atoms with Gasteiger partial charge in [0.25, 0.3) is 0 Å². The maximum atomic E-state index is 13.4. The molecule has 2 amide bonds. The fourth-order valence-electron chi connectivity index (χ4n) is 4.44. The van der Waals surface area contributed by atoms with Gasteiger partial charge in [-0.05, 0) is 18.2 Å². The second kappa shape index (κ2) is 7.01. The lowest BCUT2D eigenvalue weighted by Gasteiger charge is -2.18. The van der Waals surface area contributed by atoms with Crippen molar-refractivity contribution in [3.8, 4) is 0 Å². The van der Waals surface area contributed by atoms with Crippen molar-refractivity contribution in [3.05, 3.63) is 69.2 Å². The van der Waals surface area contributed by atoms with Crippen molar-refractivity contribution in [2.75, 3.05) is 4.90 Å². The number of carbonyl (C=O) groups is 4. The van der Waals surface area contributed by atoms with Crippen LogP contribution in [0.25, 0.3) is 5.76 Å². The Bertz CT molecular complexity index is 1330. The van der Waals surface area contributed by atoms with Gasteiger partial charge in [-0.3, -0.25) is 19.4 Å². The average Bonchev–Trinajstić information content (AvgIpc) is 3.34. The number of hydrogen-bond acceptors (Lipinski definition) is 6. The Balaban J connectivity index is 1.65. The van der Waals surface area contributed by atoms with E-state index in [-0.39, 0.29) is 38.1 Å². The number of carboxylic acid groups (broad SMARTS) is 1. The van der Waals surface area contributed by atoms with E-state index in [1.165, 1.54) is 30.3 Å². The minimum absolute atomic E-state index is 0.0240. The smallest absolute Gasteiger partial charge is 0.329 e. The number of carbonyl (C=O) groups excluding carboxylic acids is 3. The molecule has 5 rings (SSSR count). The Morgan fingerprint density at radius 2 is 1.69 bits per heavy atom. The topological polar surface area (TPSA) is 124 Å². The van der Waals surface area contributed by atoms with E-state index in [9.17, 15) is 29.4 Å². The van der Waals surface area contributed by atoms with E-state index in [0.717, 1.165) is 4.90 Å². The maximum Gasteiger partial charge on any atom is 0.329 e. The van der Waals surface area contributed by atoms with E-state index in [4.69, 9.17) is 23.2 Å². The van der Waals surface area contributed by atoms with Crippen LogP contribution in [0.4, 0.5) is 5.69 Å². The van der Waals surface area contributed by atoms with Crippen molar-refractivity contribution in [1.29, 1.82) is 0 Å². The molecule has 2 aliphatic heterocycles. The van der Waals surface area contributed by atoms with E-state index in [1.807, 2.05) is 0 Å². The Hall–Kier alpha value is -3.49. The predicted octanol–water partition coefficient (Wildman–Crippen LogP) is 3.17. The van der Waals surface area contributed by atoms with E-state index in [1.54, 1.807) is 12.1 Å². The molecular formula is C22H12Cl2N2O6. The number of ketones is 1. The van der Waals surface area contributed by atoms with Gasteiger partial charge in [0.15, 0.2) is 11.8 Å². The zero-order chi connectivity index (χ0) is 22.9. The van der Waals surface area contributed by atoms with Crippen molar-refractivity contribution in [3.63, 3.8) is 0 Å². The summed E-state index contributed by atoms with van der Waals surface area (Å²) in [6.07, 6.45) is 0. The second-order valence-electron chi connectivity index (χ2n) is 7.51. The Morgan fingerprint density at radius 3 is 2.31 bits per heavy atom. The minimum atomic E-state index is -1.60. The number of aliphatic hydroxyl groups excluding tert-OH is 1. The van der Waals surface area contributed by atoms with E-state index >= 15 is 0 Å². The summed E-state index contributed by atoms with van der Waals surface area (Å²) in [6, 6.07) is 8.83. The first-order valence-electron chi connectivity index (χ1n) is 9.43. The number of aliphatic hydroxyl groups is 1. The molecule has 3 aliphatic rings. The molecule has 10 heteroatoms. The fourth-order valence-corrected chi connectivity index (χ4v) is 4.93. The molecule has 0 saturated carbocycles. The summed E-state index contributed by atoms with van der Waals surface area (Å²) < 4.78 is 0. The molecule has 0 spiro atoms. The number of benzene rings is 2. The number of allylic oxidation sites excluding steroid dienone is 1. The normalized spacial score (nSPS) is 24.2. The van der Waals surface area contributed by atoms with Gasteiger partial charge in [0, 0.05) is 16.1 Å². The maximum absolute atomic E-state index is 13.4. The summed E-state index contributed by atoms with van der Waals surface area (Å²) in [6.45, 7) is 0. The molecule has 0 unspecified atom stereocenters. The van der Waals surface area contributed by atoms with Gasteiger partial charge < -0.3 is 10.2 Å². The number of imide groups is 1. The Morgan fingerprint density at radius 1 is 1.00 bits per heavy atom.